The molecule has 0 unspecified atom stereocenters. The van der Waals surface area contributed by atoms with E-state index in [4.69, 9.17) is 32.0 Å². The second-order valence-corrected chi connectivity index (χ2v) is 7.18. The Balaban J connectivity index is 1.52. The molecule has 0 spiro atoms. The summed E-state index contributed by atoms with van der Waals surface area (Å²) < 4.78 is 134. The van der Waals surface area contributed by atoms with Gasteiger partial charge in [-0.25, -0.2) is 0 Å². The van der Waals surface area contributed by atoms with Crippen LogP contribution in [0.4, 0.5) is 0 Å². The Morgan fingerprint density at radius 2 is 1.68 bits per heavy atom. The summed E-state index contributed by atoms with van der Waals surface area (Å²) in [4.78, 5) is 1.92. The van der Waals surface area contributed by atoms with Gasteiger partial charge >= 0.3 is 0 Å². The fourth-order valence-corrected chi connectivity index (χ4v) is 3.61. The molecule has 5 rings (SSSR count). The number of benzene rings is 3. The minimum absolute atomic E-state index is 0.0409. The molecule has 0 N–H and O–H groups in total. The number of nitrogens with zero attached hydrogens (tertiary/aromatic N) is 1. The minimum atomic E-state index is -2.80. The second-order valence-electron chi connectivity index (χ2n) is 7.18. The van der Waals surface area contributed by atoms with E-state index in [1.165, 1.54) is 0 Å². The van der Waals surface area contributed by atoms with Crippen molar-refractivity contribution in [3.8, 4) is 11.5 Å². The molecule has 2 aliphatic rings. The predicted octanol–water partition coefficient (Wildman–Crippen LogP) is 5.23. The molecule has 0 aliphatic carbocycles. The Hall–Kier alpha value is -2.82. The van der Waals surface area contributed by atoms with E-state index in [2.05, 4.69) is 0 Å². The van der Waals surface area contributed by atoms with Crippen molar-refractivity contribution in [3.63, 3.8) is 0 Å². The third-order valence-corrected chi connectivity index (χ3v) is 5.08. The van der Waals surface area contributed by atoms with Crippen molar-refractivity contribution in [2.24, 2.45) is 0 Å². The fourth-order valence-electron chi connectivity index (χ4n) is 3.61. The van der Waals surface area contributed by atoms with E-state index in [1.54, 1.807) is 0 Å². The van der Waals surface area contributed by atoms with Crippen LogP contribution in [0.25, 0.3) is 0 Å². The second kappa shape index (κ2) is 9.54. The Morgan fingerprint density at radius 1 is 0.968 bits per heavy atom. The van der Waals surface area contributed by atoms with Crippen LogP contribution in [-0.4, -0.2) is 37.4 Å². The van der Waals surface area contributed by atoms with Gasteiger partial charge in [0, 0.05) is 13.1 Å². The topological polar surface area (TPSA) is 30.9 Å². The summed E-state index contributed by atoms with van der Waals surface area (Å²) in [6.07, 6.45) is -2.56. The number of fused-ring (bicyclic) bond motifs is 1. The van der Waals surface area contributed by atoms with Crippen molar-refractivity contribution in [1.82, 2.24) is 4.90 Å². The molecule has 3 aromatic rings. The molecule has 0 amide bonds. The van der Waals surface area contributed by atoms with E-state index in [0.717, 1.165) is 0 Å². The van der Waals surface area contributed by atoms with Gasteiger partial charge in [-0.15, -0.1) is 0 Å². The number of hydrogen-bond donors (Lipinski definition) is 0. The summed E-state index contributed by atoms with van der Waals surface area (Å²) in [5.41, 5.74) is -1.06. The molecule has 0 saturated carbocycles. The SMILES string of the molecule is [2H]c1c([2H])c([2H])c(C([2H])(O[C@@H]2CCCN(CCc3c([2H])c([2H])c4c(c3[2H])OCO4)C2)c2c([2H])c([2H])c([2H])c([2H])c2[2H])c([2H])c1[2H]. The number of rotatable bonds is 7. The van der Waals surface area contributed by atoms with Crippen LogP contribution in [0, 0.1) is 0 Å². The van der Waals surface area contributed by atoms with Crippen molar-refractivity contribution >= 4 is 0 Å². The molecular formula is C27H29NO3. The van der Waals surface area contributed by atoms with Crippen LogP contribution < -0.4 is 9.47 Å². The molecule has 3 aromatic carbocycles. The van der Waals surface area contributed by atoms with Gasteiger partial charge in [-0.1, -0.05) is 66.5 Å². The minimum Gasteiger partial charge on any atom is -0.454 e. The number of ether oxygens (including phenoxy) is 3. The Kier molecular flexibility index (Phi) is 3.01. The standard InChI is InChI=1S/C27H29NO3/c1-3-8-22(9-4-1)27(23-10-5-2-6-11-23)31-24-12-7-16-28(19-24)17-15-21-13-14-25-26(18-21)30-20-29-25/h1-6,8-11,13-14,18,24,27H,7,12,15-17,19-20H2/t24-/m1/s1/i1D,2D,3D,4D,5D,6D,8D,9D,10D,11D,13D,14D,18D,27D. The fraction of sp³-hybridized carbons (Fsp3) is 0.333. The molecule has 31 heavy (non-hydrogen) atoms. The summed E-state index contributed by atoms with van der Waals surface area (Å²) in [5, 5.41) is 0. The first-order valence-corrected chi connectivity index (χ1v) is 10.0. The van der Waals surface area contributed by atoms with E-state index in [9.17, 15) is 1.37 Å². The molecule has 0 radical (unpaired) electrons. The van der Waals surface area contributed by atoms with Gasteiger partial charge in [-0.05, 0) is 54.6 Å². The molecule has 1 saturated heterocycles. The highest BCUT2D eigenvalue weighted by molar-refractivity contribution is 5.44. The Morgan fingerprint density at radius 3 is 2.42 bits per heavy atom. The van der Waals surface area contributed by atoms with E-state index in [0.29, 0.717) is 31.5 Å². The quantitative estimate of drug-likeness (QED) is 0.515. The molecule has 1 fully saturated rings. The first-order chi connectivity index (χ1) is 21.1. The summed E-state index contributed by atoms with van der Waals surface area (Å²) in [7, 11) is 0. The largest absolute Gasteiger partial charge is 0.454 e. The molecule has 0 aromatic heterocycles. The van der Waals surface area contributed by atoms with Crippen molar-refractivity contribution in [2.75, 3.05) is 26.4 Å². The Bertz CT molecular complexity index is 1570. The molecular weight excluding hydrogens is 386 g/mol. The van der Waals surface area contributed by atoms with E-state index in [-0.39, 0.29) is 49.4 Å². The zero-order chi connectivity index (χ0) is 33.1. The molecule has 2 aliphatic heterocycles. The molecule has 2 heterocycles. The third kappa shape index (κ3) is 4.92. The molecule has 0 bridgehead atoms. The van der Waals surface area contributed by atoms with E-state index < -0.39 is 83.7 Å². The van der Waals surface area contributed by atoms with Crippen molar-refractivity contribution in [2.45, 2.75) is 31.4 Å². The average Bonchev–Trinajstić information content (AvgIpc) is 3.51. The smallest absolute Gasteiger partial charge is 0.231 e. The first-order valence-electron chi connectivity index (χ1n) is 17.0. The number of likely N-dealkylation sites (tertiary alicyclic amines) is 1. The van der Waals surface area contributed by atoms with Crippen LogP contribution in [0.15, 0.2) is 78.6 Å². The lowest BCUT2D eigenvalue weighted by molar-refractivity contribution is -0.0330. The lowest BCUT2D eigenvalue weighted by atomic mass is 10.00. The van der Waals surface area contributed by atoms with Crippen molar-refractivity contribution in [3.05, 3.63) is 95.2 Å². The lowest BCUT2D eigenvalue weighted by Crippen LogP contribution is -2.41. The van der Waals surface area contributed by atoms with Gasteiger partial charge in [0.15, 0.2) is 11.5 Å². The van der Waals surface area contributed by atoms with Crippen LogP contribution in [0.2, 0.25) is 0 Å². The highest BCUT2D eigenvalue weighted by atomic mass is 16.7. The maximum absolute atomic E-state index is 9.51. The molecule has 4 nitrogen and oxygen atoms in total. The normalized spacial score (nSPS) is 25.1. The summed E-state index contributed by atoms with van der Waals surface area (Å²) in [5.74, 6) is 0.175. The van der Waals surface area contributed by atoms with Crippen molar-refractivity contribution < 1.29 is 33.4 Å². The number of piperidine rings is 1. The highest BCUT2D eigenvalue weighted by Gasteiger charge is 2.25. The van der Waals surface area contributed by atoms with Crippen LogP contribution in [0.1, 0.15) is 54.8 Å². The van der Waals surface area contributed by atoms with Gasteiger partial charge in [0.25, 0.3) is 0 Å². The van der Waals surface area contributed by atoms with Gasteiger partial charge in [0.05, 0.1) is 25.3 Å². The average molecular weight is 430 g/mol. The van der Waals surface area contributed by atoms with Gasteiger partial charge in [0.2, 0.25) is 6.79 Å². The van der Waals surface area contributed by atoms with Gasteiger partial charge in [-0.3, -0.25) is 0 Å². The third-order valence-electron chi connectivity index (χ3n) is 5.08. The molecule has 1 atom stereocenters. The maximum Gasteiger partial charge on any atom is 0.231 e. The van der Waals surface area contributed by atoms with Crippen molar-refractivity contribution in [1.29, 1.82) is 0 Å². The van der Waals surface area contributed by atoms with Gasteiger partial charge in [-0.2, -0.15) is 0 Å². The summed E-state index contributed by atoms with van der Waals surface area (Å²) >= 11 is 0. The maximum atomic E-state index is 9.51. The Labute approximate surface area is 204 Å². The van der Waals surface area contributed by atoms with Crippen LogP contribution in [0.3, 0.4) is 0 Å². The van der Waals surface area contributed by atoms with Gasteiger partial charge in [0.1, 0.15) is 6.08 Å². The summed E-state index contributed by atoms with van der Waals surface area (Å²) in [6, 6.07) is -8.05. The summed E-state index contributed by atoms with van der Waals surface area (Å²) in [6.45, 7) is 0.882. The first kappa shape index (κ1) is 9.76. The monoisotopic (exact) mass is 429 g/mol. The highest BCUT2D eigenvalue weighted by Crippen LogP contribution is 2.33. The van der Waals surface area contributed by atoms with Gasteiger partial charge < -0.3 is 19.1 Å². The van der Waals surface area contributed by atoms with Crippen LogP contribution in [-0.2, 0) is 11.2 Å². The lowest BCUT2D eigenvalue weighted by Gasteiger charge is -2.35. The van der Waals surface area contributed by atoms with E-state index >= 15 is 0 Å². The van der Waals surface area contributed by atoms with Crippen LogP contribution in [0.5, 0.6) is 11.5 Å². The predicted molar refractivity (Wildman–Crippen MR) is 122 cm³/mol. The zero-order valence-electron chi connectivity index (χ0n) is 30.7. The number of hydrogen-bond acceptors (Lipinski definition) is 4. The zero-order valence-corrected chi connectivity index (χ0v) is 16.7. The molecule has 160 valence electrons. The van der Waals surface area contributed by atoms with E-state index in [1.807, 2.05) is 4.90 Å². The van der Waals surface area contributed by atoms with Crippen LogP contribution >= 0.6 is 0 Å². The molecule has 4 heteroatoms.